The van der Waals surface area contributed by atoms with E-state index in [4.69, 9.17) is 21.1 Å². The van der Waals surface area contributed by atoms with Gasteiger partial charge in [0.15, 0.2) is 5.78 Å². The molecule has 5 aliphatic rings. The molecule has 4 fully saturated rings. The van der Waals surface area contributed by atoms with Gasteiger partial charge in [-0.2, -0.15) is 0 Å². The van der Waals surface area contributed by atoms with Crippen molar-refractivity contribution in [3.63, 3.8) is 0 Å². The quantitative estimate of drug-likeness (QED) is 0.248. The first-order valence-electron chi connectivity index (χ1n) is 21.3. The van der Waals surface area contributed by atoms with E-state index >= 15 is 0 Å². The molecule has 5 aliphatic carbocycles. The standard InChI is InChI=1S/C46H64ClN3O7/c1-12-49-38(37(47)39(53)50(49)27-13-16-33(56-11)48-25-27)46-22-21-44(9)28(36(46)35(26(2)3)29(51)23-46)14-15-31-43(8)19-18-32(57-34(52)24-41(4,5)40(54)55)42(6,7)30(43)17-20-45(31,44)10/h13,16,25-26,28,30-32H,12,14-15,17-24H2,1-11H3,(H,54,55)/t28-,30+,31-,32+,43+,44-,45-,46-/m1/s1. The van der Waals surface area contributed by atoms with E-state index in [-0.39, 0.29) is 62.4 Å². The second-order valence-electron chi connectivity index (χ2n) is 20.5. The minimum absolute atomic E-state index is 0.0125. The van der Waals surface area contributed by atoms with Crippen molar-refractivity contribution in [2.75, 3.05) is 7.11 Å². The van der Waals surface area contributed by atoms with Crippen LogP contribution in [0.3, 0.4) is 0 Å². The van der Waals surface area contributed by atoms with Crippen molar-refractivity contribution >= 4 is 29.3 Å². The van der Waals surface area contributed by atoms with Crippen LogP contribution in [0.4, 0.5) is 0 Å². The van der Waals surface area contributed by atoms with Crippen LogP contribution >= 0.6 is 11.6 Å². The fourth-order valence-corrected chi connectivity index (χ4v) is 14.2. The average Bonchev–Trinajstić information content (AvgIpc) is 3.58. The lowest BCUT2D eigenvalue weighted by Crippen LogP contribution is -2.66. The fourth-order valence-electron chi connectivity index (χ4n) is 13.9. The van der Waals surface area contributed by atoms with Crippen molar-refractivity contribution in [1.29, 1.82) is 0 Å². The number of aliphatic carboxylic acids is 1. The lowest BCUT2D eigenvalue weighted by Gasteiger charge is -2.72. The SMILES string of the molecule is CCn1c([C@@]23CC[C@]4(C)[C@H](CC[C@@H]5[C@@]6(C)CC[C@H](OC(=O)CC(C)(C)C(=O)O)C(C)(C)[C@@H]6CC[C@]54C)C2=C(C(C)C)C(=O)C3)c(Cl)c(=O)n1-c1ccc(OC)nc1. The van der Waals surface area contributed by atoms with Gasteiger partial charge in [-0.05, 0) is 129 Å². The molecule has 0 unspecified atom stereocenters. The number of pyridine rings is 1. The second-order valence-corrected chi connectivity index (χ2v) is 20.9. The largest absolute Gasteiger partial charge is 0.481 e. The predicted molar refractivity (Wildman–Crippen MR) is 220 cm³/mol. The lowest BCUT2D eigenvalue weighted by atomic mass is 9.33. The summed E-state index contributed by atoms with van der Waals surface area (Å²) < 4.78 is 15.1. The van der Waals surface area contributed by atoms with E-state index in [1.54, 1.807) is 37.9 Å². The highest BCUT2D eigenvalue weighted by Gasteiger charge is 2.71. The Morgan fingerprint density at radius 2 is 1.68 bits per heavy atom. The van der Waals surface area contributed by atoms with Crippen LogP contribution in [0, 0.1) is 50.7 Å². The monoisotopic (exact) mass is 805 g/mol. The van der Waals surface area contributed by atoms with E-state index in [0.29, 0.717) is 36.4 Å². The van der Waals surface area contributed by atoms with Crippen molar-refractivity contribution < 1.29 is 29.0 Å². The number of hydrogen-bond donors (Lipinski definition) is 1. The first-order valence-corrected chi connectivity index (χ1v) is 21.7. The van der Waals surface area contributed by atoms with Gasteiger partial charge in [0.1, 0.15) is 11.1 Å². The van der Waals surface area contributed by atoms with E-state index in [9.17, 15) is 24.3 Å². The first-order chi connectivity index (χ1) is 26.6. The van der Waals surface area contributed by atoms with Crippen molar-refractivity contribution in [3.8, 4) is 11.6 Å². The summed E-state index contributed by atoms with van der Waals surface area (Å²) in [6, 6.07) is 3.56. The molecule has 0 amide bonds. The number of carbonyl (C=O) groups is 3. The summed E-state index contributed by atoms with van der Waals surface area (Å²) in [5.74, 6) is 0.137. The summed E-state index contributed by atoms with van der Waals surface area (Å²) in [7, 11) is 1.56. The average molecular weight is 806 g/mol. The maximum Gasteiger partial charge on any atom is 0.309 e. The molecule has 0 saturated heterocycles. The number of aromatic nitrogens is 3. The summed E-state index contributed by atoms with van der Waals surface area (Å²) >= 11 is 7.24. The third-order valence-corrected chi connectivity index (χ3v) is 17.2. The van der Waals surface area contributed by atoms with Crippen LogP contribution in [0.25, 0.3) is 5.69 Å². The number of hydrogen-bond acceptors (Lipinski definition) is 7. The van der Waals surface area contributed by atoms with Crippen molar-refractivity contribution in [1.82, 2.24) is 14.3 Å². The van der Waals surface area contributed by atoms with Crippen molar-refractivity contribution in [3.05, 3.63) is 50.5 Å². The number of carboxylic acids is 1. The van der Waals surface area contributed by atoms with E-state index in [0.717, 1.165) is 62.6 Å². The number of allylic oxidation sites excluding steroid dienone is 2. The number of ketones is 1. The highest BCUT2D eigenvalue weighted by Crippen LogP contribution is 2.77. The molecule has 0 radical (unpaired) electrons. The van der Waals surface area contributed by atoms with Gasteiger partial charge in [-0.25, -0.2) is 9.67 Å². The Kier molecular flexibility index (Phi) is 10.1. The molecular weight excluding hydrogens is 742 g/mol. The van der Waals surface area contributed by atoms with E-state index in [1.807, 2.05) is 17.7 Å². The first kappa shape index (κ1) is 41.7. The third kappa shape index (κ3) is 5.86. The highest BCUT2D eigenvalue weighted by molar-refractivity contribution is 6.31. The van der Waals surface area contributed by atoms with Crippen LogP contribution in [0.5, 0.6) is 5.88 Å². The molecule has 2 aromatic heterocycles. The molecule has 11 heteroatoms. The van der Waals surface area contributed by atoms with Gasteiger partial charge in [-0.15, -0.1) is 0 Å². The smallest absolute Gasteiger partial charge is 0.309 e. The Bertz CT molecular complexity index is 2080. The van der Waals surface area contributed by atoms with E-state index < -0.39 is 22.8 Å². The minimum atomic E-state index is -1.19. The number of nitrogens with zero attached hydrogens (tertiary/aromatic N) is 3. The molecule has 10 nitrogen and oxygen atoms in total. The number of fused-ring (bicyclic) bond motifs is 7. The molecule has 2 heterocycles. The Morgan fingerprint density at radius 1 is 0.982 bits per heavy atom. The number of halogens is 1. The van der Waals surface area contributed by atoms with Crippen LogP contribution in [-0.4, -0.2) is 50.4 Å². The number of rotatable bonds is 9. The molecule has 0 aliphatic heterocycles. The van der Waals surface area contributed by atoms with Gasteiger partial charge in [0, 0.05) is 29.9 Å². The van der Waals surface area contributed by atoms with Gasteiger partial charge >= 0.3 is 11.9 Å². The Morgan fingerprint density at radius 3 is 2.28 bits per heavy atom. The molecule has 0 spiro atoms. The molecule has 57 heavy (non-hydrogen) atoms. The lowest BCUT2D eigenvalue weighted by molar-refractivity contribution is -0.232. The molecule has 312 valence electrons. The summed E-state index contributed by atoms with van der Waals surface area (Å²) in [6.45, 7) is 22.0. The number of ether oxygens (including phenoxy) is 2. The topological polar surface area (TPSA) is 130 Å². The number of carboxylic acid groups (broad SMARTS) is 1. The van der Waals surface area contributed by atoms with Crippen LogP contribution in [0.2, 0.25) is 5.02 Å². The van der Waals surface area contributed by atoms with Gasteiger partial charge in [-0.1, -0.05) is 60.1 Å². The number of carbonyl (C=O) groups excluding carboxylic acids is 2. The zero-order chi connectivity index (χ0) is 41.8. The van der Waals surface area contributed by atoms with Crippen LogP contribution in [0.1, 0.15) is 139 Å². The summed E-state index contributed by atoms with van der Waals surface area (Å²) in [4.78, 5) is 58.1. The second kappa shape index (κ2) is 13.8. The van der Waals surface area contributed by atoms with E-state index in [1.165, 1.54) is 5.57 Å². The van der Waals surface area contributed by atoms with Gasteiger partial charge < -0.3 is 14.6 Å². The summed E-state index contributed by atoms with van der Waals surface area (Å²) in [5.41, 5.74) is 0.974. The summed E-state index contributed by atoms with van der Waals surface area (Å²) in [6.07, 6.45) is 8.91. The van der Waals surface area contributed by atoms with Gasteiger partial charge in [0.05, 0.1) is 36.5 Å². The fraction of sp³-hybridized carbons (Fsp3) is 0.717. The molecule has 0 aromatic carbocycles. The van der Waals surface area contributed by atoms with Crippen molar-refractivity contribution in [2.24, 2.45) is 50.7 Å². The molecule has 0 bridgehead atoms. The predicted octanol–water partition coefficient (Wildman–Crippen LogP) is 9.36. The number of Topliss-reactive ketones (excluding diaryl/α,β-unsaturated/α-hetero) is 1. The van der Waals surface area contributed by atoms with E-state index in [2.05, 4.69) is 53.5 Å². The number of methoxy groups -OCH3 is 1. The van der Waals surface area contributed by atoms with Crippen LogP contribution in [0.15, 0.2) is 34.3 Å². The molecule has 2 aromatic rings. The molecule has 7 rings (SSSR count). The minimum Gasteiger partial charge on any atom is -0.481 e. The molecule has 8 atom stereocenters. The molecule has 1 N–H and O–H groups in total. The Balaban J connectivity index is 1.27. The summed E-state index contributed by atoms with van der Waals surface area (Å²) in [5, 5.41) is 9.84. The zero-order valence-electron chi connectivity index (χ0n) is 36.0. The third-order valence-electron chi connectivity index (χ3n) is 16.8. The normalized spacial score (nSPS) is 34.6. The molecule has 4 saturated carbocycles. The number of esters is 1. The Labute approximate surface area is 343 Å². The van der Waals surface area contributed by atoms with Crippen LogP contribution in [-0.2, 0) is 31.1 Å². The van der Waals surface area contributed by atoms with Crippen LogP contribution < -0.4 is 10.3 Å². The van der Waals surface area contributed by atoms with Crippen molar-refractivity contribution in [2.45, 2.75) is 152 Å². The Hall–Kier alpha value is -3.40. The van der Waals surface area contributed by atoms with Gasteiger partial charge in [0.25, 0.3) is 5.56 Å². The van der Waals surface area contributed by atoms with Gasteiger partial charge in [-0.3, -0.25) is 23.9 Å². The molecular formula is C46H64ClN3O7. The maximum atomic E-state index is 14.5. The zero-order valence-corrected chi connectivity index (χ0v) is 36.8. The van der Waals surface area contributed by atoms with Gasteiger partial charge in [0.2, 0.25) is 5.88 Å². The maximum absolute atomic E-state index is 14.5. The highest BCUT2D eigenvalue weighted by atomic mass is 35.5.